The molecule has 0 atom stereocenters. The van der Waals surface area contributed by atoms with Crippen LogP contribution in [0.4, 0.5) is 0 Å². The van der Waals surface area contributed by atoms with Gasteiger partial charge in [-0.2, -0.15) is 0 Å². The second-order valence-electron chi connectivity index (χ2n) is 5.66. The van der Waals surface area contributed by atoms with Crippen LogP contribution in [-0.4, -0.2) is 36.1 Å². The number of hydrogen-bond donors (Lipinski definition) is 0. The summed E-state index contributed by atoms with van der Waals surface area (Å²) in [4.78, 5) is 8.92. The summed E-state index contributed by atoms with van der Waals surface area (Å²) in [5.74, 6) is 5.91. The standard InChI is InChI=1S/C20H21N2O4P/c1-3-25-27(23,26-4-2)15-24-12-6-7-16-13-18-10-9-17-8-5-11-21-19(17)20(18)22-14-16/h5,8-11,13-14H,3-4,12,15H2,1-2H3. The van der Waals surface area contributed by atoms with Crippen LogP contribution in [0.1, 0.15) is 19.4 Å². The zero-order valence-electron chi connectivity index (χ0n) is 15.3. The van der Waals surface area contributed by atoms with Gasteiger partial charge in [0.25, 0.3) is 0 Å². The molecule has 7 heteroatoms. The minimum absolute atomic E-state index is 0.114. The Hall–Kier alpha value is -2.29. The van der Waals surface area contributed by atoms with Crippen molar-refractivity contribution in [3.63, 3.8) is 0 Å². The molecule has 0 radical (unpaired) electrons. The monoisotopic (exact) mass is 384 g/mol. The molecule has 0 spiro atoms. The molecule has 0 aliphatic carbocycles. The van der Waals surface area contributed by atoms with Crippen molar-refractivity contribution in [2.75, 3.05) is 26.2 Å². The number of fused-ring (bicyclic) bond motifs is 3. The molecule has 3 aromatic rings. The maximum absolute atomic E-state index is 12.3. The second kappa shape index (κ2) is 9.07. The van der Waals surface area contributed by atoms with E-state index >= 15 is 0 Å². The van der Waals surface area contributed by atoms with Crippen molar-refractivity contribution in [1.82, 2.24) is 9.97 Å². The molecular weight excluding hydrogens is 363 g/mol. The van der Waals surface area contributed by atoms with E-state index in [9.17, 15) is 4.57 Å². The first-order valence-corrected chi connectivity index (χ1v) is 10.5. The Balaban J connectivity index is 1.67. The van der Waals surface area contributed by atoms with Crippen LogP contribution < -0.4 is 0 Å². The van der Waals surface area contributed by atoms with E-state index in [1.807, 2.05) is 30.3 Å². The Bertz CT molecular complexity index is 1030. The fourth-order valence-corrected chi connectivity index (χ4v) is 3.98. The summed E-state index contributed by atoms with van der Waals surface area (Å²) in [5, 5.41) is 2.03. The van der Waals surface area contributed by atoms with Gasteiger partial charge in [0.05, 0.1) is 24.2 Å². The van der Waals surface area contributed by atoms with Crippen LogP contribution in [-0.2, 0) is 18.3 Å². The fourth-order valence-electron chi connectivity index (χ4n) is 2.66. The van der Waals surface area contributed by atoms with Gasteiger partial charge in [-0.1, -0.05) is 30.0 Å². The third kappa shape index (κ3) is 4.91. The van der Waals surface area contributed by atoms with E-state index in [-0.39, 0.29) is 13.0 Å². The Morgan fingerprint density at radius 3 is 2.56 bits per heavy atom. The summed E-state index contributed by atoms with van der Waals surface area (Å²) in [5.41, 5.74) is 2.50. The van der Waals surface area contributed by atoms with Gasteiger partial charge in [-0.3, -0.25) is 14.5 Å². The molecule has 2 aromatic heterocycles. The lowest BCUT2D eigenvalue weighted by Crippen LogP contribution is -2.03. The van der Waals surface area contributed by atoms with Gasteiger partial charge in [0.2, 0.25) is 0 Å². The third-order valence-corrected chi connectivity index (χ3v) is 5.53. The molecular formula is C20H21N2O4P. The lowest BCUT2D eigenvalue weighted by atomic mass is 10.1. The van der Waals surface area contributed by atoms with E-state index in [0.29, 0.717) is 13.2 Å². The minimum Gasteiger partial charge on any atom is -0.356 e. The first kappa shape index (κ1) is 19.5. The molecule has 0 amide bonds. The van der Waals surface area contributed by atoms with Crippen LogP contribution in [0.3, 0.4) is 0 Å². The van der Waals surface area contributed by atoms with E-state index in [4.69, 9.17) is 13.8 Å². The molecule has 0 bridgehead atoms. The van der Waals surface area contributed by atoms with Gasteiger partial charge in [-0.25, -0.2) is 0 Å². The smallest absolute Gasteiger partial charge is 0.356 e. The van der Waals surface area contributed by atoms with Crippen LogP contribution in [0.15, 0.2) is 42.7 Å². The Morgan fingerprint density at radius 1 is 1.04 bits per heavy atom. The lowest BCUT2D eigenvalue weighted by Gasteiger charge is -2.15. The molecule has 1 aromatic carbocycles. The van der Waals surface area contributed by atoms with Crippen LogP contribution in [0.2, 0.25) is 0 Å². The van der Waals surface area contributed by atoms with Crippen molar-refractivity contribution in [2.45, 2.75) is 13.8 Å². The predicted octanol–water partition coefficient (Wildman–Crippen LogP) is 4.37. The van der Waals surface area contributed by atoms with Crippen molar-refractivity contribution in [2.24, 2.45) is 0 Å². The average Bonchev–Trinajstić information content (AvgIpc) is 2.68. The molecule has 0 saturated carbocycles. The number of ether oxygens (including phenoxy) is 1. The van der Waals surface area contributed by atoms with Crippen molar-refractivity contribution in [3.05, 3.63) is 48.3 Å². The summed E-state index contributed by atoms with van der Waals surface area (Å²) in [6.07, 6.45) is 3.36. The number of pyridine rings is 2. The van der Waals surface area contributed by atoms with Gasteiger partial charge >= 0.3 is 7.60 Å². The highest BCUT2D eigenvalue weighted by atomic mass is 31.2. The first-order chi connectivity index (χ1) is 13.1. The molecule has 140 valence electrons. The Kier molecular flexibility index (Phi) is 6.54. The van der Waals surface area contributed by atoms with Crippen LogP contribution >= 0.6 is 7.60 Å². The quantitative estimate of drug-likeness (QED) is 0.261. The summed E-state index contributed by atoms with van der Waals surface area (Å²) in [7, 11) is -3.20. The maximum Gasteiger partial charge on any atom is 0.356 e. The highest BCUT2D eigenvalue weighted by Gasteiger charge is 2.23. The number of hydrogen-bond acceptors (Lipinski definition) is 6. The van der Waals surface area contributed by atoms with Crippen molar-refractivity contribution in [3.8, 4) is 11.8 Å². The van der Waals surface area contributed by atoms with Gasteiger partial charge in [0.1, 0.15) is 13.0 Å². The summed E-state index contributed by atoms with van der Waals surface area (Å²) in [6.45, 7) is 4.26. The van der Waals surface area contributed by atoms with Gasteiger partial charge in [0.15, 0.2) is 0 Å². The Morgan fingerprint density at radius 2 is 1.78 bits per heavy atom. The largest absolute Gasteiger partial charge is 0.356 e. The van der Waals surface area contributed by atoms with Gasteiger partial charge in [0, 0.05) is 28.7 Å². The van der Waals surface area contributed by atoms with E-state index in [0.717, 1.165) is 27.4 Å². The molecule has 2 heterocycles. The molecule has 0 fully saturated rings. The van der Waals surface area contributed by atoms with Gasteiger partial charge in [-0.15, -0.1) is 0 Å². The molecule has 0 aliphatic heterocycles. The average molecular weight is 384 g/mol. The van der Waals surface area contributed by atoms with E-state index in [1.54, 1.807) is 26.2 Å². The van der Waals surface area contributed by atoms with Gasteiger partial charge in [-0.05, 0) is 26.0 Å². The Labute approximate surface area is 158 Å². The summed E-state index contributed by atoms with van der Waals surface area (Å²) >= 11 is 0. The van der Waals surface area contributed by atoms with Crippen molar-refractivity contribution in [1.29, 1.82) is 0 Å². The highest BCUT2D eigenvalue weighted by Crippen LogP contribution is 2.47. The molecule has 0 aliphatic rings. The molecule has 6 nitrogen and oxygen atoms in total. The maximum atomic E-state index is 12.3. The summed E-state index contributed by atoms with van der Waals surface area (Å²) < 4.78 is 27.9. The SMILES string of the molecule is CCOP(=O)(COCC#Cc1cnc2c(ccc3cccnc32)c1)OCC. The molecule has 27 heavy (non-hydrogen) atoms. The third-order valence-electron chi connectivity index (χ3n) is 3.73. The molecule has 0 N–H and O–H groups in total. The van der Waals surface area contributed by atoms with Crippen molar-refractivity contribution < 1.29 is 18.3 Å². The second-order valence-corrected chi connectivity index (χ2v) is 7.66. The van der Waals surface area contributed by atoms with E-state index in [2.05, 4.69) is 21.8 Å². The van der Waals surface area contributed by atoms with Crippen molar-refractivity contribution >= 4 is 29.4 Å². The van der Waals surface area contributed by atoms with Crippen LogP contribution in [0.5, 0.6) is 0 Å². The number of benzene rings is 1. The first-order valence-electron chi connectivity index (χ1n) is 8.73. The minimum atomic E-state index is -3.20. The topological polar surface area (TPSA) is 70.5 Å². The predicted molar refractivity (Wildman–Crippen MR) is 106 cm³/mol. The summed E-state index contributed by atoms with van der Waals surface area (Å²) in [6, 6.07) is 9.91. The lowest BCUT2D eigenvalue weighted by molar-refractivity contribution is 0.152. The van der Waals surface area contributed by atoms with E-state index < -0.39 is 7.60 Å². The number of rotatable bonds is 7. The zero-order chi connectivity index (χ0) is 19.1. The van der Waals surface area contributed by atoms with E-state index in [1.165, 1.54) is 0 Å². The normalized spacial score (nSPS) is 11.5. The van der Waals surface area contributed by atoms with Crippen LogP contribution in [0.25, 0.3) is 21.8 Å². The zero-order valence-corrected chi connectivity index (χ0v) is 16.2. The number of aromatic nitrogens is 2. The molecule has 0 unspecified atom stereocenters. The van der Waals surface area contributed by atoms with Crippen LogP contribution in [0, 0.1) is 11.8 Å². The fraction of sp³-hybridized carbons (Fsp3) is 0.300. The molecule has 3 rings (SSSR count). The number of nitrogens with zero attached hydrogens (tertiary/aromatic N) is 2. The highest BCUT2D eigenvalue weighted by molar-refractivity contribution is 7.53. The van der Waals surface area contributed by atoms with Gasteiger partial charge < -0.3 is 13.8 Å². The molecule has 0 saturated heterocycles.